The van der Waals surface area contributed by atoms with Crippen molar-refractivity contribution in [1.29, 1.82) is 0 Å². The van der Waals surface area contributed by atoms with E-state index in [0.29, 0.717) is 5.56 Å². The number of nitrogen functional groups attached to an aromatic ring is 1. The van der Waals surface area contributed by atoms with E-state index in [4.69, 9.17) is 10.5 Å². The Morgan fingerprint density at radius 3 is 2.63 bits per heavy atom. The lowest BCUT2D eigenvalue weighted by Gasteiger charge is -2.18. The molecule has 1 aromatic carbocycles. The molecule has 8 heteroatoms. The summed E-state index contributed by atoms with van der Waals surface area (Å²) in [5, 5.41) is 29.2. The number of aliphatic hydroxyl groups excluding tert-OH is 3. The molecule has 1 fully saturated rings. The van der Waals surface area contributed by atoms with Crippen molar-refractivity contribution < 1.29 is 20.1 Å². The average molecular weight is 373 g/mol. The molecule has 1 saturated heterocycles. The minimum absolute atomic E-state index is 0.0685. The van der Waals surface area contributed by atoms with E-state index in [-0.39, 0.29) is 5.82 Å². The van der Waals surface area contributed by atoms with Crippen molar-refractivity contribution in [3.8, 4) is 0 Å². The van der Waals surface area contributed by atoms with Gasteiger partial charge in [0.2, 0.25) is 0 Å². The molecule has 0 saturated carbocycles. The zero-order chi connectivity index (χ0) is 19.4. The fraction of sp³-hybridized carbons (Fsp3) is 0.368. The van der Waals surface area contributed by atoms with Crippen LogP contribution in [0.3, 0.4) is 0 Å². The first-order valence-electron chi connectivity index (χ1n) is 8.73. The van der Waals surface area contributed by atoms with Crippen molar-refractivity contribution in [2.45, 2.75) is 37.4 Å². The first kappa shape index (κ1) is 19.2. The number of hydrogen-bond donors (Lipinski definition) is 4. The molecule has 2 unspecified atom stereocenters. The monoisotopic (exact) mass is 373 g/mol. The number of nitrogens with zero attached hydrogens (tertiary/aromatic N) is 2. The van der Waals surface area contributed by atoms with Gasteiger partial charge >= 0.3 is 5.69 Å². The number of anilines is 1. The van der Waals surface area contributed by atoms with Crippen LogP contribution in [0.4, 0.5) is 5.82 Å². The molecule has 0 amide bonds. The number of rotatable bonds is 6. The Morgan fingerprint density at radius 1 is 1.22 bits per heavy atom. The third-order valence-corrected chi connectivity index (χ3v) is 4.54. The number of hydrogen-bond acceptors (Lipinski definition) is 7. The van der Waals surface area contributed by atoms with Crippen molar-refractivity contribution in [2.75, 3.05) is 12.3 Å². The maximum atomic E-state index is 12.2. The molecule has 1 aromatic heterocycles. The summed E-state index contributed by atoms with van der Waals surface area (Å²) in [5.74, 6) is 0.0685. The summed E-state index contributed by atoms with van der Waals surface area (Å²) in [4.78, 5) is 15.9. The number of allylic oxidation sites excluding steroid dienone is 1. The molecule has 2 aromatic rings. The molecule has 2 heterocycles. The first-order valence-corrected chi connectivity index (χ1v) is 8.73. The van der Waals surface area contributed by atoms with E-state index in [1.54, 1.807) is 6.08 Å². The van der Waals surface area contributed by atoms with Gasteiger partial charge in [0.15, 0.2) is 6.23 Å². The standard InChI is InChI=1S/C19H23N3O5/c20-17-13(9-5-4-8-12-6-2-1-3-7-12)10-22(19(26)21-17)18-16(25)15(24)14(11-23)27-18/h1-3,5-7,9-10,14-16,18,23-25H,4,8,11H2,(H2,20,21,26)/t14-,15?,16?,18-/m1/s1. The highest BCUT2D eigenvalue weighted by atomic mass is 16.6. The summed E-state index contributed by atoms with van der Waals surface area (Å²) in [7, 11) is 0. The van der Waals surface area contributed by atoms with Gasteiger partial charge < -0.3 is 25.8 Å². The smallest absolute Gasteiger partial charge is 0.351 e. The second-order valence-electron chi connectivity index (χ2n) is 6.43. The Bertz CT molecular complexity index is 852. The number of aromatic nitrogens is 2. The van der Waals surface area contributed by atoms with Crippen LogP contribution in [0.1, 0.15) is 23.8 Å². The van der Waals surface area contributed by atoms with E-state index in [1.165, 1.54) is 11.8 Å². The van der Waals surface area contributed by atoms with Gasteiger partial charge in [0.05, 0.1) is 6.61 Å². The van der Waals surface area contributed by atoms with Crippen LogP contribution in [-0.2, 0) is 11.2 Å². The minimum atomic E-state index is -1.36. The fourth-order valence-corrected chi connectivity index (χ4v) is 3.02. The summed E-state index contributed by atoms with van der Waals surface area (Å²) in [5.41, 5.74) is 6.84. The maximum absolute atomic E-state index is 12.2. The van der Waals surface area contributed by atoms with E-state index in [0.717, 1.165) is 17.4 Å². The highest BCUT2D eigenvalue weighted by Crippen LogP contribution is 2.28. The normalized spacial score (nSPS) is 25.3. The highest BCUT2D eigenvalue weighted by molar-refractivity contribution is 5.59. The Balaban J connectivity index is 1.76. The van der Waals surface area contributed by atoms with E-state index in [1.807, 2.05) is 36.4 Å². The van der Waals surface area contributed by atoms with Gasteiger partial charge in [-0.25, -0.2) is 4.79 Å². The largest absolute Gasteiger partial charge is 0.394 e. The summed E-state index contributed by atoms with van der Waals surface area (Å²) < 4.78 is 6.47. The molecule has 8 nitrogen and oxygen atoms in total. The van der Waals surface area contributed by atoms with Crippen LogP contribution in [0.5, 0.6) is 0 Å². The number of ether oxygens (including phenoxy) is 1. The average Bonchev–Trinajstić information content (AvgIpc) is 2.95. The van der Waals surface area contributed by atoms with Crippen molar-refractivity contribution in [2.24, 2.45) is 0 Å². The highest BCUT2D eigenvalue weighted by Gasteiger charge is 2.43. The van der Waals surface area contributed by atoms with Crippen LogP contribution >= 0.6 is 0 Å². The second kappa shape index (κ2) is 8.45. The molecule has 0 spiro atoms. The molecule has 3 rings (SSSR count). The topological polar surface area (TPSA) is 131 Å². The quantitative estimate of drug-likeness (QED) is 0.564. The van der Waals surface area contributed by atoms with Crippen molar-refractivity contribution in [3.05, 3.63) is 64.2 Å². The molecule has 144 valence electrons. The summed E-state index contributed by atoms with van der Waals surface area (Å²) in [6.45, 7) is -0.474. The molecule has 0 aliphatic carbocycles. The maximum Gasteiger partial charge on any atom is 0.351 e. The van der Waals surface area contributed by atoms with Crippen molar-refractivity contribution >= 4 is 11.9 Å². The van der Waals surface area contributed by atoms with Crippen LogP contribution in [0.15, 0.2) is 47.4 Å². The van der Waals surface area contributed by atoms with Gasteiger partial charge in [-0.05, 0) is 18.4 Å². The Labute approximate surface area is 156 Å². The van der Waals surface area contributed by atoms with Crippen molar-refractivity contribution in [3.63, 3.8) is 0 Å². The van der Waals surface area contributed by atoms with Gasteiger partial charge in [0.1, 0.15) is 24.1 Å². The van der Waals surface area contributed by atoms with E-state index in [9.17, 15) is 20.1 Å². The predicted molar refractivity (Wildman–Crippen MR) is 99.7 cm³/mol. The molecule has 1 aliphatic rings. The van der Waals surface area contributed by atoms with Gasteiger partial charge in [-0.15, -0.1) is 0 Å². The molecule has 5 N–H and O–H groups in total. The van der Waals surface area contributed by atoms with Gasteiger partial charge in [-0.2, -0.15) is 4.98 Å². The second-order valence-corrected chi connectivity index (χ2v) is 6.43. The van der Waals surface area contributed by atoms with E-state index < -0.39 is 36.8 Å². The van der Waals surface area contributed by atoms with E-state index in [2.05, 4.69) is 4.98 Å². The van der Waals surface area contributed by atoms with Gasteiger partial charge in [0.25, 0.3) is 0 Å². The Hall–Kier alpha value is -2.52. The molecular weight excluding hydrogens is 350 g/mol. The van der Waals surface area contributed by atoms with Gasteiger partial charge in [-0.3, -0.25) is 4.57 Å². The molecule has 0 bridgehead atoms. The summed E-state index contributed by atoms with van der Waals surface area (Å²) >= 11 is 0. The summed E-state index contributed by atoms with van der Waals surface area (Å²) in [6.07, 6.45) is 1.97. The molecular formula is C19H23N3O5. The van der Waals surface area contributed by atoms with Crippen LogP contribution in [-0.4, -0.2) is 49.8 Å². The third kappa shape index (κ3) is 4.25. The lowest BCUT2D eigenvalue weighted by atomic mass is 10.1. The van der Waals surface area contributed by atoms with Crippen molar-refractivity contribution in [1.82, 2.24) is 9.55 Å². The zero-order valence-corrected chi connectivity index (χ0v) is 14.7. The number of nitrogens with two attached hydrogens (primary N) is 1. The van der Waals surface area contributed by atoms with Crippen LogP contribution < -0.4 is 11.4 Å². The van der Waals surface area contributed by atoms with Crippen LogP contribution in [0.2, 0.25) is 0 Å². The molecule has 27 heavy (non-hydrogen) atoms. The van der Waals surface area contributed by atoms with E-state index >= 15 is 0 Å². The Kier molecular flexibility index (Phi) is 6.02. The molecule has 0 radical (unpaired) electrons. The first-order chi connectivity index (χ1) is 13.0. The number of aliphatic hydroxyl groups is 3. The fourth-order valence-electron chi connectivity index (χ4n) is 3.02. The summed E-state index contributed by atoms with van der Waals surface area (Å²) in [6, 6.07) is 10.0. The lowest BCUT2D eigenvalue weighted by molar-refractivity contribution is -0.0549. The molecule has 1 aliphatic heterocycles. The van der Waals surface area contributed by atoms with Crippen LogP contribution in [0.25, 0.3) is 6.08 Å². The lowest BCUT2D eigenvalue weighted by Crippen LogP contribution is -2.36. The van der Waals surface area contributed by atoms with Gasteiger partial charge in [0, 0.05) is 11.8 Å². The SMILES string of the molecule is Nc1nc(=O)n([C@@H]2O[C@H](CO)C(O)C2O)cc1C=CCCc1ccccc1. The predicted octanol–water partition coefficient (Wildman–Crippen LogP) is 0.0830. The van der Waals surface area contributed by atoms with Gasteiger partial charge in [-0.1, -0.05) is 42.5 Å². The molecule has 4 atom stereocenters. The minimum Gasteiger partial charge on any atom is -0.394 e. The number of aryl methyl sites for hydroxylation is 1. The zero-order valence-electron chi connectivity index (χ0n) is 14.7. The third-order valence-electron chi connectivity index (χ3n) is 4.54. The van der Waals surface area contributed by atoms with Crippen LogP contribution in [0, 0.1) is 0 Å². The Morgan fingerprint density at radius 2 is 1.96 bits per heavy atom. The number of benzene rings is 1.